The first-order valence-electron chi connectivity index (χ1n) is 14.2. The fourth-order valence-corrected chi connectivity index (χ4v) is 4.35. The molecule has 0 atom stereocenters. The molecule has 0 radical (unpaired) electrons. The second kappa shape index (κ2) is 17.6. The third kappa shape index (κ3) is 9.54. The Bertz CT molecular complexity index is 1790. The van der Waals surface area contributed by atoms with Crippen LogP contribution in [0.2, 0.25) is 0 Å². The minimum Gasteiger partial charge on any atom is -0.487 e. The summed E-state index contributed by atoms with van der Waals surface area (Å²) in [5.74, 6) is 1.42. The highest BCUT2D eigenvalue weighted by Gasteiger charge is 2.06. The van der Waals surface area contributed by atoms with Crippen LogP contribution in [0.3, 0.4) is 0 Å². The van der Waals surface area contributed by atoms with Crippen LogP contribution >= 0.6 is 0 Å². The topological polar surface area (TPSA) is 142 Å². The summed E-state index contributed by atoms with van der Waals surface area (Å²) in [5.41, 5.74) is 6.04. The van der Waals surface area contributed by atoms with E-state index in [4.69, 9.17) is 23.8 Å². The summed E-state index contributed by atoms with van der Waals surface area (Å²) < 4.78 is 20.4. The first-order chi connectivity index (χ1) is 22.1. The van der Waals surface area contributed by atoms with E-state index in [1.165, 1.54) is 12.8 Å². The van der Waals surface area contributed by atoms with Crippen LogP contribution in [0.15, 0.2) is 98.6 Å². The van der Waals surface area contributed by atoms with Crippen molar-refractivity contribution in [1.29, 1.82) is 0 Å². The van der Waals surface area contributed by atoms with Gasteiger partial charge in [-0.25, -0.2) is 9.97 Å². The number of carbonyl (C=O) groups excluding carboxylic acids is 2. The molecule has 232 valence electrons. The monoisotopic (exact) mass is 610 g/mol. The Morgan fingerprint density at radius 1 is 0.756 bits per heavy atom. The SMILES string of the molecule is C1CCOC1.Cc1ccncc1OCc1cccn2cncc12.O=C=O.OCc1ccncc1OCc1cccn2cncc12. The molecule has 0 bridgehead atoms. The summed E-state index contributed by atoms with van der Waals surface area (Å²) in [6.07, 6.45) is 20.7. The molecular formula is C33H34N6O6. The van der Waals surface area contributed by atoms with E-state index in [-0.39, 0.29) is 12.8 Å². The smallest absolute Gasteiger partial charge is 0.373 e. The zero-order valence-electron chi connectivity index (χ0n) is 24.9. The van der Waals surface area contributed by atoms with Crippen LogP contribution < -0.4 is 9.47 Å². The molecule has 7 rings (SSSR count). The van der Waals surface area contributed by atoms with Gasteiger partial charge < -0.3 is 28.1 Å². The van der Waals surface area contributed by atoms with E-state index in [0.29, 0.717) is 19.0 Å². The highest BCUT2D eigenvalue weighted by molar-refractivity contribution is 5.53. The normalized spacial score (nSPS) is 11.7. The van der Waals surface area contributed by atoms with Gasteiger partial charge in [-0.05, 0) is 49.6 Å². The van der Waals surface area contributed by atoms with Gasteiger partial charge >= 0.3 is 6.15 Å². The fraction of sp³-hybridized carbons (Fsp3) is 0.242. The van der Waals surface area contributed by atoms with Crippen molar-refractivity contribution in [3.8, 4) is 11.5 Å². The van der Waals surface area contributed by atoms with Crippen LogP contribution in [0.1, 0.15) is 35.1 Å². The Balaban J connectivity index is 0.000000165. The van der Waals surface area contributed by atoms with Crippen LogP contribution in [0.4, 0.5) is 0 Å². The number of rotatable bonds is 7. The molecule has 6 aromatic rings. The molecule has 45 heavy (non-hydrogen) atoms. The number of hydrogen-bond donors (Lipinski definition) is 1. The largest absolute Gasteiger partial charge is 0.487 e. The summed E-state index contributed by atoms with van der Waals surface area (Å²) in [5, 5.41) is 9.23. The Kier molecular flexibility index (Phi) is 12.7. The van der Waals surface area contributed by atoms with Gasteiger partial charge in [0.25, 0.3) is 0 Å². The number of aryl methyl sites for hydroxylation is 1. The molecule has 1 fully saturated rings. The molecule has 0 saturated carbocycles. The molecule has 0 amide bonds. The maximum absolute atomic E-state index is 9.23. The molecule has 6 aromatic heterocycles. The number of ether oxygens (including phenoxy) is 3. The molecular weight excluding hydrogens is 576 g/mol. The van der Waals surface area contributed by atoms with Gasteiger partial charge in [0.1, 0.15) is 24.7 Å². The van der Waals surface area contributed by atoms with Crippen LogP contribution in [0.5, 0.6) is 11.5 Å². The number of hydrogen-bond acceptors (Lipinski definition) is 10. The Morgan fingerprint density at radius 3 is 1.80 bits per heavy atom. The molecule has 1 saturated heterocycles. The van der Waals surface area contributed by atoms with Gasteiger partial charge in [-0.2, -0.15) is 9.59 Å². The number of pyridine rings is 4. The number of aliphatic hydroxyl groups excluding tert-OH is 1. The average molecular weight is 611 g/mol. The van der Waals surface area contributed by atoms with E-state index in [0.717, 1.165) is 52.3 Å². The lowest BCUT2D eigenvalue weighted by molar-refractivity contribution is -0.191. The second-order valence-corrected chi connectivity index (χ2v) is 9.70. The van der Waals surface area contributed by atoms with Crippen molar-refractivity contribution >= 4 is 17.2 Å². The van der Waals surface area contributed by atoms with E-state index in [9.17, 15) is 5.11 Å². The molecule has 12 nitrogen and oxygen atoms in total. The summed E-state index contributed by atoms with van der Waals surface area (Å²) in [6, 6.07) is 11.7. The molecule has 0 aliphatic carbocycles. The van der Waals surface area contributed by atoms with Gasteiger partial charge in [-0.3, -0.25) is 9.97 Å². The van der Waals surface area contributed by atoms with Crippen LogP contribution in [0.25, 0.3) is 11.0 Å². The summed E-state index contributed by atoms with van der Waals surface area (Å²) in [4.78, 5) is 32.6. The molecule has 0 unspecified atom stereocenters. The van der Waals surface area contributed by atoms with Crippen molar-refractivity contribution in [1.82, 2.24) is 28.7 Å². The van der Waals surface area contributed by atoms with Gasteiger partial charge in [0.15, 0.2) is 0 Å². The molecule has 1 N–H and O–H groups in total. The fourth-order valence-electron chi connectivity index (χ4n) is 4.35. The van der Waals surface area contributed by atoms with E-state index in [1.807, 2.05) is 64.6 Å². The summed E-state index contributed by atoms with van der Waals surface area (Å²) in [6.45, 7) is 4.88. The lowest BCUT2D eigenvalue weighted by Gasteiger charge is -2.10. The number of imidazole rings is 2. The Hall–Kier alpha value is -5.42. The zero-order chi connectivity index (χ0) is 31.7. The van der Waals surface area contributed by atoms with Crippen molar-refractivity contribution in [2.75, 3.05) is 13.2 Å². The maximum atomic E-state index is 9.23. The second-order valence-electron chi connectivity index (χ2n) is 9.70. The van der Waals surface area contributed by atoms with E-state index in [1.54, 1.807) is 49.7 Å². The van der Waals surface area contributed by atoms with Crippen LogP contribution in [-0.4, -0.2) is 53.2 Å². The van der Waals surface area contributed by atoms with Crippen molar-refractivity contribution in [2.24, 2.45) is 0 Å². The molecule has 1 aliphatic rings. The predicted molar refractivity (Wildman–Crippen MR) is 163 cm³/mol. The first-order valence-corrected chi connectivity index (χ1v) is 14.2. The zero-order valence-corrected chi connectivity index (χ0v) is 24.9. The van der Waals surface area contributed by atoms with Crippen LogP contribution in [-0.2, 0) is 34.1 Å². The van der Waals surface area contributed by atoms with Gasteiger partial charge in [0.05, 0.1) is 55.1 Å². The van der Waals surface area contributed by atoms with Gasteiger partial charge in [0.2, 0.25) is 0 Å². The molecule has 0 aromatic carbocycles. The molecule has 0 spiro atoms. The lowest BCUT2D eigenvalue weighted by Crippen LogP contribution is -2.00. The summed E-state index contributed by atoms with van der Waals surface area (Å²) in [7, 11) is 0. The van der Waals surface area contributed by atoms with Crippen molar-refractivity contribution in [3.05, 3.63) is 121 Å². The minimum absolute atomic E-state index is 0.0608. The maximum Gasteiger partial charge on any atom is 0.373 e. The van der Waals surface area contributed by atoms with Crippen molar-refractivity contribution in [2.45, 2.75) is 39.6 Å². The third-order valence-corrected chi connectivity index (χ3v) is 6.70. The standard InChI is InChI=1S/C14H13N3O2.C14H13N3O.C4H8O.CO2/c18-8-11-3-4-15-7-14(11)19-9-12-2-1-5-17-10-16-6-13(12)17;1-11-4-5-15-8-14(11)18-9-12-3-2-6-17-10-16-7-13(12)17;1-2-4-5-3-1;2-1-3/h1-7,10,18H,8-9H2;2-8,10H,9H2,1H3;1-4H2;. The first kappa shape index (κ1) is 32.5. The van der Waals surface area contributed by atoms with Crippen molar-refractivity contribution < 1.29 is 28.9 Å². The molecule has 1 aliphatic heterocycles. The highest BCUT2D eigenvalue weighted by atomic mass is 16.5. The minimum atomic E-state index is -0.0608. The third-order valence-electron chi connectivity index (χ3n) is 6.70. The highest BCUT2D eigenvalue weighted by Crippen LogP contribution is 2.20. The average Bonchev–Trinajstić information content (AvgIpc) is 3.88. The van der Waals surface area contributed by atoms with Gasteiger partial charge in [-0.15, -0.1) is 0 Å². The molecule has 12 heteroatoms. The number of nitrogens with zero attached hydrogens (tertiary/aromatic N) is 6. The van der Waals surface area contributed by atoms with Gasteiger partial charge in [-0.1, -0.05) is 12.1 Å². The quantitative estimate of drug-likeness (QED) is 0.272. The Labute approximate surface area is 259 Å². The lowest BCUT2D eigenvalue weighted by atomic mass is 10.2. The van der Waals surface area contributed by atoms with Gasteiger partial charge in [0, 0.05) is 54.7 Å². The number of fused-ring (bicyclic) bond motifs is 2. The van der Waals surface area contributed by atoms with E-state index in [2.05, 4.69) is 19.9 Å². The van der Waals surface area contributed by atoms with Crippen LogP contribution in [0, 0.1) is 6.92 Å². The van der Waals surface area contributed by atoms with E-state index >= 15 is 0 Å². The Morgan fingerprint density at radius 2 is 1.29 bits per heavy atom. The van der Waals surface area contributed by atoms with E-state index < -0.39 is 0 Å². The molecule has 7 heterocycles. The number of aliphatic hydroxyl groups is 1. The number of aromatic nitrogens is 6. The summed E-state index contributed by atoms with van der Waals surface area (Å²) >= 11 is 0. The van der Waals surface area contributed by atoms with Crippen molar-refractivity contribution in [3.63, 3.8) is 0 Å². The predicted octanol–water partition coefficient (Wildman–Crippen LogP) is 4.63.